The molecule has 0 aromatic carbocycles. The summed E-state index contributed by atoms with van der Waals surface area (Å²) in [6.07, 6.45) is 1.88. The molecule has 0 aliphatic carbocycles. The van der Waals surface area contributed by atoms with Gasteiger partial charge in [-0.1, -0.05) is 6.92 Å². The number of carbonyl (C=O) groups is 1. The lowest BCUT2D eigenvalue weighted by molar-refractivity contribution is -0.385. The van der Waals surface area contributed by atoms with Gasteiger partial charge in [-0.15, -0.1) is 0 Å². The molecule has 8 heteroatoms. The topological polar surface area (TPSA) is 104 Å². The Balaban J connectivity index is 2.51. The van der Waals surface area contributed by atoms with Gasteiger partial charge in [0.25, 0.3) is 5.69 Å². The molecule has 0 saturated carbocycles. The Kier molecular flexibility index (Phi) is 6.38. The molecule has 1 aromatic rings. The summed E-state index contributed by atoms with van der Waals surface area (Å²) in [7, 11) is 1.41. The molecule has 0 saturated heterocycles. The van der Waals surface area contributed by atoms with Gasteiger partial charge in [-0.2, -0.15) is 0 Å². The molecule has 0 fully saturated rings. The molecule has 1 heterocycles. The predicted molar refractivity (Wildman–Crippen MR) is 71.4 cm³/mol. The number of ether oxygens (including phenoxy) is 2. The van der Waals surface area contributed by atoms with Gasteiger partial charge in [0.15, 0.2) is 0 Å². The van der Waals surface area contributed by atoms with Crippen molar-refractivity contribution < 1.29 is 19.2 Å². The monoisotopic (exact) mass is 283 g/mol. The van der Waals surface area contributed by atoms with Crippen molar-refractivity contribution >= 4 is 17.5 Å². The van der Waals surface area contributed by atoms with Crippen LogP contribution in [-0.2, 0) is 14.3 Å². The molecule has 1 rings (SSSR count). The Morgan fingerprint density at radius 2 is 2.30 bits per heavy atom. The first-order chi connectivity index (χ1) is 9.56. The molecule has 20 heavy (non-hydrogen) atoms. The molecule has 1 unspecified atom stereocenters. The Bertz CT molecular complexity index is 449. The fourth-order valence-electron chi connectivity index (χ4n) is 1.40. The third-order valence-electron chi connectivity index (χ3n) is 2.51. The molecule has 0 aliphatic rings. The highest BCUT2D eigenvalue weighted by atomic mass is 16.6. The van der Waals surface area contributed by atoms with Crippen LogP contribution in [0.25, 0.3) is 0 Å². The number of esters is 1. The van der Waals surface area contributed by atoms with Crippen LogP contribution in [-0.4, -0.2) is 42.2 Å². The van der Waals surface area contributed by atoms with E-state index in [2.05, 4.69) is 15.0 Å². The van der Waals surface area contributed by atoms with Gasteiger partial charge in [-0.25, -0.2) is 9.78 Å². The molecule has 0 spiro atoms. The number of carbonyl (C=O) groups excluding carboxylic acids is 1. The molecule has 1 N–H and O–H groups in total. The molecular formula is C12H17N3O5. The quantitative estimate of drug-likeness (QED) is 0.436. The number of nitrogens with one attached hydrogen (secondary N) is 1. The van der Waals surface area contributed by atoms with Crippen molar-refractivity contribution in [2.75, 3.05) is 25.6 Å². The summed E-state index contributed by atoms with van der Waals surface area (Å²) in [5.41, 5.74) is -0.0740. The van der Waals surface area contributed by atoms with E-state index in [9.17, 15) is 14.9 Å². The maximum Gasteiger partial charge on any atom is 0.332 e. The second kappa shape index (κ2) is 8.05. The lowest BCUT2D eigenvalue weighted by Gasteiger charge is -2.17. The number of methoxy groups -OCH3 is 1. The number of aromatic nitrogens is 1. The van der Waals surface area contributed by atoms with E-state index in [4.69, 9.17) is 4.74 Å². The van der Waals surface area contributed by atoms with Crippen LogP contribution in [0.3, 0.4) is 0 Å². The van der Waals surface area contributed by atoms with Gasteiger partial charge < -0.3 is 14.8 Å². The highest BCUT2D eigenvalue weighted by molar-refractivity contribution is 5.70. The van der Waals surface area contributed by atoms with Gasteiger partial charge >= 0.3 is 5.97 Å². The average Bonchev–Trinajstić information content (AvgIpc) is 2.44. The summed E-state index contributed by atoms with van der Waals surface area (Å²) in [4.78, 5) is 25.1. The van der Waals surface area contributed by atoms with Crippen LogP contribution in [0, 0.1) is 10.1 Å². The first kappa shape index (κ1) is 15.8. The third kappa shape index (κ3) is 5.19. The van der Waals surface area contributed by atoms with E-state index in [1.165, 1.54) is 25.4 Å². The zero-order valence-electron chi connectivity index (χ0n) is 11.4. The summed E-state index contributed by atoms with van der Waals surface area (Å²) in [6.45, 7) is 2.01. The van der Waals surface area contributed by atoms with Gasteiger partial charge in [-0.3, -0.25) is 10.1 Å². The standard InChI is InChI=1S/C12H17N3O5/c1-3-9(7-20-12(16)8-19-2)14-11-5-4-10(6-13-11)15(17)18/h4-6,9H,3,7-8H2,1-2H3,(H,13,14). The molecule has 110 valence electrons. The lowest BCUT2D eigenvalue weighted by Crippen LogP contribution is -2.27. The number of nitro groups is 1. The largest absolute Gasteiger partial charge is 0.462 e. The molecule has 1 aromatic heterocycles. The van der Waals surface area contributed by atoms with E-state index in [0.717, 1.165) is 0 Å². The molecule has 8 nitrogen and oxygen atoms in total. The van der Waals surface area contributed by atoms with Crippen molar-refractivity contribution in [2.45, 2.75) is 19.4 Å². The number of rotatable bonds is 8. The van der Waals surface area contributed by atoms with Crippen LogP contribution in [0.5, 0.6) is 0 Å². The molecule has 0 bridgehead atoms. The maximum absolute atomic E-state index is 11.2. The van der Waals surface area contributed by atoms with Crippen molar-refractivity contribution in [1.82, 2.24) is 4.98 Å². The Hall–Kier alpha value is -2.22. The van der Waals surface area contributed by atoms with Gasteiger partial charge in [-0.05, 0) is 12.5 Å². The van der Waals surface area contributed by atoms with Crippen molar-refractivity contribution in [3.63, 3.8) is 0 Å². The second-order valence-electron chi connectivity index (χ2n) is 4.02. The van der Waals surface area contributed by atoms with Gasteiger partial charge in [0.05, 0.1) is 11.0 Å². The fourth-order valence-corrected chi connectivity index (χ4v) is 1.40. The summed E-state index contributed by atoms with van der Waals surface area (Å²) in [5, 5.41) is 13.5. The van der Waals surface area contributed by atoms with E-state index in [1.807, 2.05) is 6.92 Å². The zero-order chi connectivity index (χ0) is 15.0. The number of hydrogen-bond acceptors (Lipinski definition) is 7. The SMILES string of the molecule is CCC(COC(=O)COC)Nc1ccc([N+](=O)[O-])cn1. The highest BCUT2D eigenvalue weighted by Crippen LogP contribution is 2.13. The van der Waals surface area contributed by atoms with Crippen molar-refractivity contribution in [3.8, 4) is 0 Å². The van der Waals surface area contributed by atoms with Gasteiger partial charge in [0.1, 0.15) is 25.2 Å². The predicted octanol–water partition coefficient (Wildman–Crippen LogP) is 1.37. The average molecular weight is 283 g/mol. The summed E-state index contributed by atoms with van der Waals surface area (Å²) >= 11 is 0. The van der Waals surface area contributed by atoms with E-state index in [-0.39, 0.29) is 24.9 Å². The van der Waals surface area contributed by atoms with Gasteiger partial charge in [0, 0.05) is 13.2 Å². The molecular weight excluding hydrogens is 266 g/mol. The summed E-state index contributed by atoms with van der Waals surface area (Å²) < 4.78 is 9.66. The van der Waals surface area contributed by atoms with Crippen LogP contribution in [0.2, 0.25) is 0 Å². The number of pyridine rings is 1. The second-order valence-corrected chi connectivity index (χ2v) is 4.02. The van der Waals surface area contributed by atoms with Crippen molar-refractivity contribution in [1.29, 1.82) is 0 Å². The molecule has 1 atom stereocenters. The van der Waals surface area contributed by atoms with E-state index >= 15 is 0 Å². The first-order valence-electron chi connectivity index (χ1n) is 6.08. The van der Waals surface area contributed by atoms with E-state index < -0.39 is 10.9 Å². The molecule has 0 amide bonds. The summed E-state index contributed by atoms with van der Waals surface area (Å²) in [5.74, 6) is 0.0506. The molecule has 0 radical (unpaired) electrons. The minimum atomic E-state index is -0.513. The van der Waals surface area contributed by atoms with E-state index in [1.54, 1.807) is 0 Å². The number of nitrogens with zero attached hydrogens (tertiary/aromatic N) is 2. The minimum absolute atomic E-state index is 0.0740. The fraction of sp³-hybridized carbons (Fsp3) is 0.500. The van der Waals surface area contributed by atoms with Crippen LogP contribution in [0.1, 0.15) is 13.3 Å². The van der Waals surface area contributed by atoms with Crippen molar-refractivity contribution in [2.24, 2.45) is 0 Å². The Morgan fingerprint density at radius 1 is 1.55 bits per heavy atom. The normalized spacial score (nSPS) is 11.7. The number of hydrogen-bond donors (Lipinski definition) is 1. The van der Waals surface area contributed by atoms with Crippen LogP contribution in [0.4, 0.5) is 11.5 Å². The lowest BCUT2D eigenvalue weighted by atomic mass is 10.2. The highest BCUT2D eigenvalue weighted by Gasteiger charge is 2.12. The third-order valence-corrected chi connectivity index (χ3v) is 2.51. The maximum atomic E-state index is 11.2. The smallest absolute Gasteiger partial charge is 0.332 e. The minimum Gasteiger partial charge on any atom is -0.462 e. The molecule has 0 aliphatic heterocycles. The Morgan fingerprint density at radius 3 is 2.80 bits per heavy atom. The van der Waals surface area contributed by atoms with Crippen molar-refractivity contribution in [3.05, 3.63) is 28.4 Å². The van der Waals surface area contributed by atoms with E-state index in [0.29, 0.717) is 12.2 Å². The zero-order valence-corrected chi connectivity index (χ0v) is 11.4. The first-order valence-corrected chi connectivity index (χ1v) is 6.08. The van der Waals surface area contributed by atoms with Crippen LogP contribution in [0.15, 0.2) is 18.3 Å². The summed E-state index contributed by atoms with van der Waals surface area (Å²) in [6, 6.07) is 2.75. The van der Waals surface area contributed by atoms with Crippen LogP contribution < -0.4 is 5.32 Å². The van der Waals surface area contributed by atoms with Crippen LogP contribution >= 0.6 is 0 Å². The number of anilines is 1. The Labute approximate surface area is 116 Å². The van der Waals surface area contributed by atoms with Gasteiger partial charge in [0.2, 0.25) is 0 Å².